The first kappa shape index (κ1) is 10.4. The van der Waals surface area contributed by atoms with Crippen LogP contribution in [0.25, 0.3) is 0 Å². The molecule has 0 bridgehead atoms. The summed E-state index contributed by atoms with van der Waals surface area (Å²) in [5.41, 5.74) is 5.91. The monoisotopic (exact) mass is 219 g/mol. The van der Waals surface area contributed by atoms with E-state index < -0.39 is 5.82 Å². The van der Waals surface area contributed by atoms with E-state index in [1.807, 2.05) is 0 Å². The molecule has 0 saturated carbocycles. The Labute approximate surface area is 91.5 Å². The number of aryl methyl sites for hydroxylation is 1. The number of carbonyl (C=O) groups is 1. The normalized spacial score (nSPS) is 10.4. The molecule has 1 aromatic carbocycles. The molecule has 0 unspecified atom stereocenters. The van der Waals surface area contributed by atoms with Gasteiger partial charge in [0.2, 0.25) is 5.78 Å². The molecule has 2 aromatic rings. The average molecular weight is 219 g/mol. The number of nitrogens with two attached hydrogens (primary N) is 1. The lowest BCUT2D eigenvalue weighted by molar-refractivity contribution is 0.103. The molecule has 0 aliphatic carbocycles. The van der Waals surface area contributed by atoms with Crippen LogP contribution in [0.1, 0.15) is 16.1 Å². The number of para-hydroxylation sites is 1. The van der Waals surface area contributed by atoms with Crippen LogP contribution in [-0.4, -0.2) is 15.6 Å². The minimum absolute atomic E-state index is 0.131. The highest BCUT2D eigenvalue weighted by Crippen LogP contribution is 2.19. The molecule has 0 fully saturated rings. The van der Waals surface area contributed by atoms with Crippen molar-refractivity contribution in [3.05, 3.63) is 47.5 Å². The number of nitrogens with zero attached hydrogens (tertiary/aromatic N) is 2. The summed E-state index contributed by atoms with van der Waals surface area (Å²) in [6.07, 6.45) is 1.50. The van der Waals surface area contributed by atoms with Crippen molar-refractivity contribution < 1.29 is 9.18 Å². The SMILES string of the molecule is Cn1nccc1C(=O)c1cccc(F)c1N. The molecule has 0 saturated heterocycles. The lowest BCUT2D eigenvalue weighted by atomic mass is 10.1. The number of benzene rings is 1. The summed E-state index contributed by atoms with van der Waals surface area (Å²) in [5.74, 6) is -0.926. The van der Waals surface area contributed by atoms with Crippen molar-refractivity contribution in [3.8, 4) is 0 Å². The van der Waals surface area contributed by atoms with Gasteiger partial charge in [-0.25, -0.2) is 4.39 Å². The first-order chi connectivity index (χ1) is 7.61. The zero-order chi connectivity index (χ0) is 11.7. The molecular weight excluding hydrogens is 209 g/mol. The Bertz CT molecular complexity index is 548. The van der Waals surface area contributed by atoms with E-state index in [1.165, 1.54) is 29.1 Å². The van der Waals surface area contributed by atoms with Crippen LogP contribution < -0.4 is 5.73 Å². The molecule has 2 rings (SSSR count). The van der Waals surface area contributed by atoms with Gasteiger partial charge in [0.25, 0.3) is 0 Å². The molecule has 5 heteroatoms. The Hall–Kier alpha value is -2.17. The number of hydrogen-bond acceptors (Lipinski definition) is 3. The van der Waals surface area contributed by atoms with E-state index in [2.05, 4.69) is 5.10 Å². The van der Waals surface area contributed by atoms with Crippen LogP contribution in [0.4, 0.5) is 10.1 Å². The Balaban J connectivity index is 2.50. The maximum atomic E-state index is 13.2. The number of hydrogen-bond donors (Lipinski definition) is 1. The molecule has 0 aliphatic heterocycles. The van der Waals surface area contributed by atoms with Gasteiger partial charge in [-0.3, -0.25) is 9.48 Å². The van der Waals surface area contributed by atoms with Crippen LogP contribution in [0.3, 0.4) is 0 Å². The number of ketones is 1. The van der Waals surface area contributed by atoms with Crippen molar-refractivity contribution in [1.29, 1.82) is 0 Å². The zero-order valence-electron chi connectivity index (χ0n) is 8.64. The van der Waals surface area contributed by atoms with Gasteiger partial charge in [-0.05, 0) is 18.2 Å². The Morgan fingerprint density at radius 1 is 1.44 bits per heavy atom. The topological polar surface area (TPSA) is 60.9 Å². The van der Waals surface area contributed by atoms with Crippen LogP contribution in [-0.2, 0) is 7.05 Å². The van der Waals surface area contributed by atoms with E-state index in [0.29, 0.717) is 5.69 Å². The van der Waals surface area contributed by atoms with Gasteiger partial charge in [0.15, 0.2) is 0 Å². The minimum Gasteiger partial charge on any atom is -0.396 e. The largest absolute Gasteiger partial charge is 0.396 e. The quantitative estimate of drug-likeness (QED) is 0.613. The number of halogens is 1. The van der Waals surface area contributed by atoms with Gasteiger partial charge in [-0.15, -0.1) is 0 Å². The summed E-state index contributed by atoms with van der Waals surface area (Å²) in [7, 11) is 1.64. The maximum absolute atomic E-state index is 13.2. The number of rotatable bonds is 2. The van der Waals surface area contributed by atoms with Crippen molar-refractivity contribution in [1.82, 2.24) is 9.78 Å². The second-order valence-electron chi connectivity index (χ2n) is 3.37. The molecule has 0 atom stereocenters. The van der Waals surface area contributed by atoms with Crippen molar-refractivity contribution >= 4 is 11.5 Å². The number of aromatic nitrogens is 2. The fraction of sp³-hybridized carbons (Fsp3) is 0.0909. The van der Waals surface area contributed by atoms with E-state index in [0.717, 1.165) is 0 Å². The van der Waals surface area contributed by atoms with Crippen LogP contribution in [0.15, 0.2) is 30.5 Å². The van der Waals surface area contributed by atoms with Crippen LogP contribution in [0, 0.1) is 5.82 Å². The first-order valence-corrected chi connectivity index (χ1v) is 4.68. The molecule has 0 radical (unpaired) electrons. The highest BCUT2D eigenvalue weighted by molar-refractivity contribution is 6.11. The molecule has 0 spiro atoms. The standard InChI is InChI=1S/C11H10FN3O/c1-15-9(5-6-14-15)11(16)7-3-2-4-8(12)10(7)13/h2-6H,13H2,1H3. The zero-order valence-corrected chi connectivity index (χ0v) is 8.64. The van der Waals surface area contributed by atoms with E-state index in [9.17, 15) is 9.18 Å². The van der Waals surface area contributed by atoms with Gasteiger partial charge in [0.05, 0.1) is 11.3 Å². The second kappa shape index (κ2) is 3.77. The fourth-order valence-corrected chi connectivity index (χ4v) is 1.47. The van der Waals surface area contributed by atoms with Crippen molar-refractivity contribution in [2.45, 2.75) is 0 Å². The summed E-state index contributed by atoms with van der Waals surface area (Å²) in [6.45, 7) is 0. The summed E-state index contributed by atoms with van der Waals surface area (Å²) >= 11 is 0. The molecule has 16 heavy (non-hydrogen) atoms. The average Bonchev–Trinajstić information content (AvgIpc) is 2.68. The van der Waals surface area contributed by atoms with Crippen molar-refractivity contribution in [2.24, 2.45) is 7.05 Å². The van der Waals surface area contributed by atoms with Gasteiger partial charge in [-0.2, -0.15) is 5.10 Å². The lowest BCUT2D eigenvalue weighted by Crippen LogP contribution is -2.11. The Morgan fingerprint density at radius 3 is 2.81 bits per heavy atom. The number of nitrogen functional groups attached to an aromatic ring is 1. The number of carbonyl (C=O) groups excluding carboxylic acids is 1. The summed E-state index contributed by atoms with van der Waals surface area (Å²) in [5, 5.41) is 3.88. The van der Waals surface area contributed by atoms with Gasteiger partial charge in [0.1, 0.15) is 11.5 Å². The van der Waals surface area contributed by atoms with Crippen molar-refractivity contribution in [2.75, 3.05) is 5.73 Å². The molecule has 1 heterocycles. The third-order valence-electron chi connectivity index (χ3n) is 2.35. The maximum Gasteiger partial charge on any atom is 0.213 e. The second-order valence-corrected chi connectivity index (χ2v) is 3.37. The molecule has 82 valence electrons. The predicted molar refractivity (Wildman–Crippen MR) is 57.5 cm³/mol. The van der Waals surface area contributed by atoms with Gasteiger partial charge >= 0.3 is 0 Å². The molecule has 0 aliphatic rings. The first-order valence-electron chi connectivity index (χ1n) is 4.68. The van der Waals surface area contributed by atoms with Crippen LogP contribution in [0.2, 0.25) is 0 Å². The van der Waals surface area contributed by atoms with Crippen LogP contribution >= 0.6 is 0 Å². The minimum atomic E-state index is -0.590. The van der Waals surface area contributed by atoms with E-state index in [1.54, 1.807) is 13.1 Å². The van der Waals surface area contributed by atoms with Crippen LogP contribution in [0.5, 0.6) is 0 Å². The summed E-state index contributed by atoms with van der Waals surface area (Å²) in [4.78, 5) is 12.0. The third kappa shape index (κ3) is 1.56. The molecule has 1 aromatic heterocycles. The van der Waals surface area contributed by atoms with Gasteiger partial charge < -0.3 is 5.73 Å². The van der Waals surface area contributed by atoms with Crippen molar-refractivity contribution in [3.63, 3.8) is 0 Å². The Kier molecular flexibility index (Phi) is 2.44. The summed E-state index contributed by atoms with van der Waals surface area (Å²) < 4.78 is 14.6. The van der Waals surface area contributed by atoms with E-state index >= 15 is 0 Å². The van der Waals surface area contributed by atoms with E-state index in [-0.39, 0.29) is 17.0 Å². The third-order valence-corrected chi connectivity index (χ3v) is 2.35. The smallest absolute Gasteiger partial charge is 0.213 e. The predicted octanol–water partition coefficient (Wildman–Crippen LogP) is 1.37. The molecule has 0 amide bonds. The highest BCUT2D eigenvalue weighted by Gasteiger charge is 2.16. The van der Waals surface area contributed by atoms with E-state index in [4.69, 9.17) is 5.73 Å². The summed E-state index contributed by atoms with van der Waals surface area (Å²) in [6, 6.07) is 5.73. The highest BCUT2D eigenvalue weighted by atomic mass is 19.1. The Morgan fingerprint density at radius 2 is 2.19 bits per heavy atom. The molecule has 4 nitrogen and oxygen atoms in total. The van der Waals surface area contributed by atoms with Gasteiger partial charge in [0, 0.05) is 13.2 Å². The molecule has 2 N–H and O–H groups in total. The number of anilines is 1. The lowest BCUT2D eigenvalue weighted by Gasteiger charge is -2.05. The van der Waals surface area contributed by atoms with Gasteiger partial charge in [-0.1, -0.05) is 6.07 Å². The fourth-order valence-electron chi connectivity index (χ4n) is 1.47. The molecular formula is C11H10FN3O.